The fourth-order valence-corrected chi connectivity index (χ4v) is 2.55. The highest BCUT2D eigenvalue weighted by molar-refractivity contribution is 14.0. The number of guanidine groups is 1. The normalized spacial score (nSPS) is 18.6. The summed E-state index contributed by atoms with van der Waals surface area (Å²) in [5.41, 5.74) is 0. The molecule has 1 aliphatic heterocycles. The summed E-state index contributed by atoms with van der Waals surface area (Å²) in [6.45, 7) is 11.0. The third-order valence-electron chi connectivity index (χ3n) is 3.81. The number of carbonyl (C=O) groups is 1. The van der Waals surface area contributed by atoms with Crippen molar-refractivity contribution >= 4 is 35.8 Å². The molecule has 0 aromatic rings. The molecule has 0 aliphatic carbocycles. The number of likely N-dealkylation sites (tertiary alicyclic amines) is 1. The van der Waals surface area contributed by atoms with E-state index in [1.807, 2.05) is 18.7 Å². The lowest BCUT2D eigenvalue weighted by atomic mass is 10.1. The molecule has 0 aromatic carbocycles. The van der Waals surface area contributed by atoms with E-state index in [1.54, 1.807) is 7.05 Å². The molecule has 1 fully saturated rings. The largest absolute Gasteiger partial charge is 0.356 e. The van der Waals surface area contributed by atoms with Gasteiger partial charge in [0, 0.05) is 38.6 Å². The van der Waals surface area contributed by atoms with Gasteiger partial charge in [0.2, 0.25) is 5.91 Å². The highest BCUT2D eigenvalue weighted by atomic mass is 127. The quantitative estimate of drug-likeness (QED) is 0.298. The lowest BCUT2D eigenvalue weighted by molar-refractivity contribution is -0.133. The summed E-state index contributed by atoms with van der Waals surface area (Å²) in [6, 6.07) is 0.309. The molecule has 1 aliphatic rings. The first kappa shape index (κ1) is 21.5. The highest BCUT2D eigenvalue weighted by Gasteiger charge is 2.27. The Kier molecular flexibility index (Phi) is 10.8. The van der Waals surface area contributed by atoms with Crippen LogP contribution in [-0.4, -0.2) is 49.5 Å². The van der Waals surface area contributed by atoms with E-state index in [2.05, 4.69) is 29.5 Å². The van der Waals surface area contributed by atoms with Crippen LogP contribution in [-0.2, 0) is 4.79 Å². The molecule has 1 atom stereocenters. The van der Waals surface area contributed by atoms with E-state index in [0.717, 1.165) is 44.4 Å². The van der Waals surface area contributed by atoms with Gasteiger partial charge in [-0.05, 0) is 25.2 Å². The van der Waals surface area contributed by atoms with E-state index < -0.39 is 0 Å². The lowest BCUT2D eigenvalue weighted by Crippen LogP contribution is -2.45. The maximum Gasteiger partial charge on any atom is 0.225 e. The fourth-order valence-electron chi connectivity index (χ4n) is 2.55. The van der Waals surface area contributed by atoms with E-state index in [-0.39, 0.29) is 35.8 Å². The van der Waals surface area contributed by atoms with Crippen molar-refractivity contribution in [3.8, 4) is 0 Å². The van der Waals surface area contributed by atoms with E-state index >= 15 is 0 Å². The van der Waals surface area contributed by atoms with Crippen LogP contribution in [0.2, 0.25) is 0 Å². The summed E-state index contributed by atoms with van der Waals surface area (Å²) in [5, 5.41) is 6.78. The number of nitrogens with one attached hydrogen (secondary N) is 2. The van der Waals surface area contributed by atoms with Crippen molar-refractivity contribution in [1.29, 1.82) is 0 Å². The van der Waals surface area contributed by atoms with E-state index in [9.17, 15) is 4.79 Å². The third-order valence-corrected chi connectivity index (χ3v) is 3.81. The molecular weight excluding hydrogens is 391 g/mol. The van der Waals surface area contributed by atoms with Gasteiger partial charge in [-0.3, -0.25) is 9.79 Å². The molecular formula is C16H33IN4O. The molecule has 0 radical (unpaired) electrons. The van der Waals surface area contributed by atoms with Crippen LogP contribution in [0, 0.1) is 11.8 Å². The van der Waals surface area contributed by atoms with Gasteiger partial charge in [0.05, 0.1) is 0 Å². The van der Waals surface area contributed by atoms with Gasteiger partial charge in [-0.1, -0.05) is 27.7 Å². The lowest BCUT2D eigenvalue weighted by Gasteiger charge is -2.20. The van der Waals surface area contributed by atoms with Crippen LogP contribution in [0.1, 0.15) is 47.0 Å². The van der Waals surface area contributed by atoms with Gasteiger partial charge in [0.1, 0.15) is 0 Å². The SMILES string of the molecule is CN=C(NCCCC(C)C)NC1CCN(C(=O)C(C)C)C1.I. The maximum atomic E-state index is 12.0. The van der Waals surface area contributed by atoms with Crippen molar-refractivity contribution < 1.29 is 4.79 Å². The van der Waals surface area contributed by atoms with Crippen LogP contribution in [0.15, 0.2) is 4.99 Å². The Morgan fingerprint density at radius 2 is 2.00 bits per heavy atom. The summed E-state index contributed by atoms with van der Waals surface area (Å²) in [5.74, 6) is 1.92. The maximum absolute atomic E-state index is 12.0. The van der Waals surface area contributed by atoms with E-state index in [4.69, 9.17) is 0 Å². The molecule has 1 rings (SSSR count). The molecule has 2 N–H and O–H groups in total. The molecule has 1 heterocycles. The van der Waals surface area contributed by atoms with Gasteiger partial charge in [-0.15, -0.1) is 24.0 Å². The van der Waals surface area contributed by atoms with Crippen LogP contribution in [0.5, 0.6) is 0 Å². The monoisotopic (exact) mass is 424 g/mol. The Morgan fingerprint density at radius 1 is 1.32 bits per heavy atom. The van der Waals surface area contributed by atoms with Crippen molar-refractivity contribution in [2.24, 2.45) is 16.8 Å². The smallest absolute Gasteiger partial charge is 0.225 e. The molecule has 5 nitrogen and oxygen atoms in total. The van der Waals surface area contributed by atoms with Gasteiger partial charge in [-0.2, -0.15) is 0 Å². The van der Waals surface area contributed by atoms with Crippen LogP contribution in [0.3, 0.4) is 0 Å². The molecule has 1 amide bonds. The highest BCUT2D eigenvalue weighted by Crippen LogP contribution is 2.12. The molecule has 22 heavy (non-hydrogen) atoms. The third kappa shape index (κ3) is 7.65. The number of halogens is 1. The number of hydrogen-bond acceptors (Lipinski definition) is 2. The van der Waals surface area contributed by atoms with Crippen molar-refractivity contribution in [3.05, 3.63) is 0 Å². The minimum absolute atomic E-state index is 0. The predicted molar refractivity (Wildman–Crippen MR) is 104 cm³/mol. The average molecular weight is 424 g/mol. The zero-order valence-electron chi connectivity index (χ0n) is 14.7. The van der Waals surface area contributed by atoms with E-state index in [1.165, 1.54) is 6.42 Å². The summed E-state index contributed by atoms with van der Waals surface area (Å²) < 4.78 is 0. The number of carbonyl (C=O) groups excluding carboxylic acids is 1. The predicted octanol–water partition coefficient (Wildman–Crippen LogP) is 2.46. The Balaban J connectivity index is 0.00000441. The number of nitrogens with zero attached hydrogens (tertiary/aromatic N) is 2. The fraction of sp³-hybridized carbons (Fsp3) is 0.875. The number of amides is 1. The van der Waals surface area contributed by atoms with Crippen molar-refractivity contribution in [1.82, 2.24) is 15.5 Å². The summed E-state index contributed by atoms with van der Waals surface area (Å²) in [4.78, 5) is 18.2. The van der Waals surface area contributed by atoms with Crippen LogP contribution in [0.4, 0.5) is 0 Å². The zero-order chi connectivity index (χ0) is 15.8. The number of hydrogen-bond donors (Lipinski definition) is 2. The summed E-state index contributed by atoms with van der Waals surface area (Å²) in [7, 11) is 1.80. The van der Waals surface area contributed by atoms with Crippen LogP contribution >= 0.6 is 24.0 Å². The molecule has 130 valence electrons. The molecule has 0 aromatic heterocycles. The Bertz CT molecular complexity index is 358. The minimum Gasteiger partial charge on any atom is -0.356 e. The molecule has 0 saturated carbocycles. The standard InChI is InChI=1S/C16H32N4O.HI/c1-12(2)7-6-9-18-16(17-5)19-14-8-10-20(11-14)15(21)13(3)4;/h12-14H,6-11H2,1-5H3,(H2,17,18,19);1H. The molecule has 0 bridgehead atoms. The van der Waals surface area contributed by atoms with Gasteiger partial charge >= 0.3 is 0 Å². The molecule has 6 heteroatoms. The summed E-state index contributed by atoms with van der Waals surface area (Å²) in [6.07, 6.45) is 3.37. The van der Waals surface area contributed by atoms with Gasteiger partial charge < -0.3 is 15.5 Å². The second kappa shape index (κ2) is 11.1. The van der Waals surface area contributed by atoms with Crippen molar-refractivity contribution in [3.63, 3.8) is 0 Å². The van der Waals surface area contributed by atoms with E-state index in [0.29, 0.717) is 6.04 Å². The Hall–Kier alpha value is -0.530. The summed E-state index contributed by atoms with van der Waals surface area (Å²) >= 11 is 0. The topological polar surface area (TPSA) is 56.7 Å². The molecule has 0 spiro atoms. The van der Waals surface area contributed by atoms with Gasteiger partial charge in [-0.25, -0.2) is 0 Å². The first-order valence-corrected chi connectivity index (χ1v) is 8.20. The Morgan fingerprint density at radius 3 is 2.55 bits per heavy atom. The zero-order valence-corrected chi connectivity index (χ0v) is 17.0. The van der Waals surface area contributed by atoms with Crippen molar-refractivity contribution in [2.75, 3.05) is 26.7 Å². The number of aliphatic imine (C=N–C) groups is 1. The van der Waals surface area contributed by atoms with Gasteiger partial charge in [0.15, 0.2) is 5.96 Å². The first-order chi connectivity index (χ1) is 9.93. The second-order valence-electron chi connectivity index (χ2n) is 6.60. The minimum atomic E-state index is 0. The van der Waals surface area contributed by atoms with Crippen LogP contribution < -0.4 is 10.6 Å². The first-order valence-electron chi connectivity index (χ1n) is 8.20. The second-order valence-corrected chi connectivity index (χ2v) is 6.60. The Labute approximate surface area is 152 Å². The van der Waals surface area contributed by atoms with Crippen molar-refractivity contribution in [2.45, 2.75) is 53.0 Å². The van der Waals surface area contributed by atoms with Gasteiger partial charge in [0.25, 0.3) is 0 Å². The number of rotatable bonds is 6. The average Bonchev–Trinajstić information content (AvgIpc) is 2.89. The molecule has 1 saturated heterocycles. The van der Waals surface area contributed by atoms with Crippen LogP contribution in [0.25, 0.3) is 0 Å². The molecule has 1 unspecified atom stereocenters.